The number of hydrogen-bond acceptors (Lipinski definition) is 3. The van der Waals surface area contributed by atoms with Crippen LogP contribution in [0.4, 0.5) is 0 Å². The van der Waals surface area contributed by atoms with E-state index >= 15 is 0 Å². The predicted molar refractivity (Wildman–Crippen MR) is 87.4 cm³/mol. The fraction of sp³-hybridized carbons (Fsp3) is 0.294. The van der Waals surface area contributed by atoms with Crippen LogP contribution >= 0.6 is 11.6 Å². The van der Waals surface area contributed by atoms with Crippen LogP contribution in [0.2, 0.25) is 5.02 Å². The average molecular weight is 305 g/mol. The maximum absolute atomic E-state index is 6.02. The summed E-state index contributed by atoms with van der Waals surface area (Å²) in [5.74, 6) is 6.58. The van der Waals surface area contributed by atoms with Gasteiger partial charge in [0.1, 0.15) is 5.75 Å². The molecule has 2 aromatic rings. The lowest BCUT2D eigenvalue weighted by Crippen LogP contribution is -2.29. The van der Waals surface area contributed by atoms with Crippen LogP contribution in [0.3, 0.4) is 0 Å². The number of hydrogen-bond donors (Lipinski definition) is 2. The quantitative estimate of drug-likeness (QED) is 0.603. The van der Waals surface area contributed by atoms with Crippen molar-refractivity contribution in [3.63, 3.8) is 0 Å². The van der Waals surface area contributed by atoms with Crippen molar-refractivity contribution in [2.75, 3.05) is 6.61 Å². The Hall–Kier alpha value is -1.55. The second-order valence-electron chi connectivity index (χ2n) is 4.97. The molecule has 0 radical (unpaired) electrons. The van der Waals surface area contributed by atoms with Gasteiger partial charge in [-0.3, -0.25) is 11.3 Å². The Bertz CT molecular complexity index is 557. The standard InChI is InChI=1S/C17H21ClN2O/c1-2-10-21-16-8-6-14(7-9-16)17(20-19)12-13-4-3-5-15(18)11-13/h3-9,11,17,20H,2,10,12,19H2,1H3. The number of benzene rings is 2. The summed E-state index contributed by atoms with van der Waals surface area (Å²) in [7, 11) is 0. The van der Waals surface area contributed by atoms with E-state index in [4.69, 9.17) is 22.2 Å². The van der Waals surface area contributed by atoms with E-state index in [9.17, 15) is 0 Å². The van der Waals surface area contributed by atoms with E-state index in [0.29, 0.717) is 0 Å². The van der Waals surface area contributed by atoms with E-state index in [0.717, 1.165) is 41.3 Å². The molecule has 0 fully saturated rings. The van der Waals surface area contributed by atoms with Gasteiger partial charge in [-0.2, -0.15) is 0 Å². The zero-order chi connectivity index (χ0) is 15.1. The van der Waals surface area contributed by atoms with E-state index in [1.807, 2.05) is 42.5 Å². The van der Waals surface area contributed by atoms with Gasteiger partial charge in [-0.05, 0) is 48.2 Å². The molecule has 0 aliphatic rings. The van der Waals surface area contributed by atoms with Crippen LogP contribution in [0.5, 0.6) is 5.75 Å². The van der Waals surface area contributed by atoms with Crippen LogP contribution in [-0.4, -0.2) is 6.61 Å². The van der Waals surface area contributed by atoms with E-state index in [2.05, 4.69) is 18.4 Å². The van der Waals surface area contributed by atoms with Crippen LogP contribution in [0, 0.1) is 0 Å². The summed E-state index contributed by atoms with van der Waals surface area (Å²) in [6, 6.07) is 15.9. The van der Waals surface area contributed by atoms with Gasteiger partial charge in [0.15, 0.2) is 0 Å². The lowest BCUT2D eigenvalue weighted by molar-refractivity contribution is 0.317. The number of halogens is 1. The normalized spacial score (nSPS) is 12.1. The fourth-order valence-electron chi connectivity index (χ4n) is 2.19. The maximum Gasteiger partial charge on any atom is 0.119 e. The number of nitrogens with one attached hydrogen (secondary N) is 1. The molecule has 0 bridgehead atoms. The summed E-state index contributed by atoms with van der Waals surface area (Å²) < 4.78 is 5.59. The van der Waals surface area contributed by atoms with Crippen molar-refractivity contribution >= 4 is 11.6 Å². The zero-order valence-corrected chi connectivity index (χ0v) is 12.9. The Labute approximate surface area is 131 Å². The minimum atomic E-state index is 0.0451. The Morgan fingerprint density at radius 1 is 1.19 bits per heavy atom. The molecule has 3 nitrogen and oxygen atoms in total. The number of ether oxygens (including phenoxy) is 1. The number of rotatable bonds is 7. The molecule has 0 aromatic heterocycles. The molecular formula is C17H21ClN2O. The zero-order valence-electron chi connectivity index (χ0n) is 12.2. The summed E-state index contributed by atoms with van der Waals surface area (Å²) in [6.07, 6.45) is 1.79. The molecule has 0 saturated carbocycles. The SMILES string of the molecule is CCCOc1ccc(C(Cc2cccc(Cl)c2)NN)cc1. The lowest BCUT2D eigenvalue weighted by atomic mass is 9.99. The molecule has 1 atom stereocenters. The first kappa shape index (κ1) is 15.8. The molecule has 3 N–H and O–H groups in total. The van der Waals surface area contributed by atoms with Crippen molar-refractivity contribution in [3.05, 3.63) is 64.7 Å². The average Bonchev–Trinajstić information content (AvgIpc) is 2.51. The third-order valence-corrected chi connectivity index (χ3v) is 3.52. The molecule has 112 valence electrons. The van der Waals surface area contributed by atoms with Gasteiger partial charge in [0, 0.05) is 11.1 Å². The smallest absolute Gasteiger partial charge is 0.119 e. The molecule has 2 aromatic carbocycles. The van der Waals surface area contributed by atoms with Gasteiger partial charge in [-0.15, -0.1) is 0 Å². The first-order valence-electron chi connectivity index (χ1n) is 7.16. The Balaban J connectivity index is 2.06. The Kier molecular flexibility index (Phi) is 6.05. The van der Waals surface area contributed by atoms with Crippen molar-refractivity contribution in [1.29, 1.82) is 0 Å². The van der Waals surface area contributed by atoms with E-state index in [1.54, 1.807) is 0 Å². The first-order valence-corrected chi connectivity index (χ1v) is 7.54. The largest absolute Gasteiger partial charge is 0.494 e. The van der Waals surface area contributed by atoms with Gasteiger partial charge < -0.3 is 4.74 Å². The van der Waals surface area contributed by atoms with E-state index in [-0.39, 0.29) is 6.04 Å². The topological polar surface area (TPSA) is 47.3 Å². The molecule has 0 saturated heterocycles. The highest BCUT2D eigenvalue weighted by Crippen LogP contribution is 2.22. The third kappa shape index (κ3) is 4.74. The van der Waals surface area contributed by atoms with Crippen LogP contribution in [0.25, 0.3) is 0 Å². The van der Waals surface area contributed by atoms with Crippen LogP contribution in [-0.2, 0) is 6.42 Å². The van der Waals surface area contributed by atoms with Crippen molar-refractivity contribution in [1.82, 2.24) is 5.43 Å². The van der Waals surface area contributed by atoms with Crippen molar-refractivity contribution in [2.45, 2.75) is 25.8 Å². The lowest BCUT2D eigenvalue weighted by Gasteiger charge is -2.17. The molecule has 2 rings (SSSR count). The minimum Gasteiger partial charge on any atom is -0.494 e. The molecular weight excluding hydrogens is 284 g/mol. The predicted octanol–water partition coefficient (Wildman–Crippen LogP) is 3.88. The summed E-state index contributed by atoms with van der Waals surface area (Å²) in [6.45, 7) is 2.83. The first-order chi connectivity index (χ1) is 10.2. The van der Waals surface area contributed by atoms with Crippen molar-refractivity contribution < 1.29 is 4.74 Å². The van der Waals surface area contributed by atoms with Gasteiger partial charge in [-0.1, -0.05) is 42.8 Å². The molecule has 0 amide bonds. The van der Waals surface area contributed by atoms with Crippen LogP contribution < -0.4 is 16.0 Å². The van der Waals surface area contributed by atoms with Gasteiger partial charge in [0.05, 0.1) is 6.61 Å². The highest BCUT2D eigenvalue weighted by molar-refractivity contribution is 6.30. The number of nitrogens with two attached hydrogens (primary N) is 1. The van der Waals surface area contributed by atoms with E-state index in [1.165, 1.54) is 0 Å². The molecule has 0 spiro atoms. The molecule has 21 heavy (non-hydrogen) atoms. The van der Waals surface area contributed by atoms with E-state index < -0.39 is 0 Å². The third-order valence-electron chi connectivity index (χ3n) is 3.29. The Morgan fingerprint density at radius 2 is 1.95 bits per heavy atom. The second kappa shape index (κ2) is 8.03. The monoisotopic (exact) mass is 304 g/mol. The maximum atomic E-state index is 6.02. The van der Waals surface area contributed by atoms with Crippen LogP contribution in [0.1, 0.15) is 30.5 Å². The molecule has 0 heterocycles. The molecule has 0 aliphatic carbocycles. The van der Waals surface area contributed by atoms with Crippen molar-refractivity contribution in [2.24, 2.45) is 5.84 Å². The highest BCUT2D eigenvalue weighted by Gasteiger charge is 2.11. The minimum absolute atomic E-state index is 0.0451. The fourth-order valence-corrected chi connectivity index (χ4v) is 2.40. The highest BCUT2D eigenvalue weighted by atomic mass is 35.5. The van der Waals surface area contributed by atoms with Gasteiger partial charge >= 0.3 is 0 Å². The summed E-state index contributed by atoms with van der Waals surface area (Å²) in [5.41, 5.74) is 5.14. The number of hydrazine groups is 1. The summed E-state index contributed by atoms with van der Waals surface area (Å²) >= 11 is 6.02. The van der Waals surface area contributed by atoms with Gasteiger partial charge in [0.25, 0.3) is 0 Å². The van der Waals surface area contributed by atoms with Crippen LogP contribution in [0.15, 0.2) is 48.5 Å². The van der Waals surface area contributed by atoms with Gasteiger partial charge in [0.2, 0.25) is 0 Å². The van der Waals surface area contributed by atoms with Gasteiger partial charge in [-0.25, -0.2) is 0 Å². The molecule has 0 aliphatic heterocycles. The molecule has 4 heteroatoms. The second-order valence-corrected chi connectivity index (χ2v) is 5.41. The molecule has 1 unspecified atom stereocenters. The summed E-state index contributed by atoms with van der Waals surface area (Å²) in [4.78, 5) is 0. The Morgan fingerprint density at radius 3 is 2.57 bits per heavy atom. The van der Waals surface area contributed by atoms with Crippen molar-refractivity contribution in [3.8, 4) is 5.75 Å². The summed E-state index contributed by atoms with van der Waals surface area (Å²) in [5, 5.41) is 0.742.